The number of carbonyl (C=O) groups excluding carboxylic acids is 1. The fraction of sp³-hybridized carbons (Fsp3) is 0.385. The molecule has 1 aromatic heterocycles. The molecule has 0 saturated carbocycles. The first-order valence-electron chi connectivity index (χ1n) is 6.06. The van der Waals surface area contributed by atoms with Gasteiger partial charge in [-0.25, -0.2) is 14.3 Å². The van der Waals surface area contributed by atoms with E-state index in [0.717, 1.165) is 12.8 Å². The molecular formula is C13H15ClN2O3. The van der Waals surface area contributed by atoms with Gasteiger partial charge in [-0.2, -0.15) is 0 Å². The smallest absolute Gasteiger partial charge is 0.420 e. The number of hydrogen-bond donors (Lipinski definition) is 0. The largest absolute Gasteiger partial charge is 0.497 e. The van der Waals surface area contributed by atoms with Crippen molar-refractivity contribution in [3.05, 3.63) is 23.5 Å². The van der Waals surface area contributed by atoms with Crippen molar-refractivity contribution in [3.63, 3.8) is 0 Å². The molecule has 0 radical (unpaired) electrons. The summed E-state index contributed by atoms with van der Waals surface area (Å²) >= 11 is 5.98. The zero-order chi connectivity index (χ0) is 13.8. The molecule has 2 aromatic rings. The molecule has 0 atom stereocenters. The molecule has 0 bridgehead atoms. The maximum Gasteiger partial charge on any atom is 0.420 e. The molecule has 0 saturated heterocycles. The first-order chi connectivity index (χ1) is 9.17. The summed E-state index contributed by atoms with van der Waals surface area (Å²) in [6.45, 7) is 2.40. The van der Waals surface area contributed by atoms with Crippen LogP contribution in [0.15, 0.2) is 18.2 Å². The third-order valence-corrected chi connectivity index (χ3v) is 2.98. The van der Waals surface area contributed by atoms with Gasteiger partial charge in [-0.15, -0.1) is 0 Å². The van der Waals surface area contributed by atoms with Crippen molar-refractivity contribution in [2.45, 2.75) is 19.8 Å². The van der Waals surface area contributed by atoms with Gasteiger partial charge in [0.1, 0.15) is 5.75 Å². The Hall–Kier alpha value is -1.75. The number of methoxy groups -OCH3 is 1. The van der Waals surface area contributed by atoms with Crippen molar-refractivity contribution in [1.82, 2.24) is 9.55 Å². The summed E-state index contributed by atoms with van der Waals surface area (Å²) in [7, 11) is 1.57. The molecule has 1 heterocycles. The first-order valence-corrected chi connectivity index (χ1v) is 6.44. The summed E-state index contributed by atoms with van der Waals surface area (Å²) in [5.41, 5.74) is 1.20. The van der Waals surface area contributed by atoms with Crippen molar-refractivity contribution < 1.29 is 14.3 Å². The topological polar surface area (TPSA) is 53.4 Å². The number of unbranched alkanes of at least 4 members (excludes halogenated alkanes) is 1. The molecule has 0 aliphatic rings. The summed E-state index contributed by atoms with van der Waals surface area (Å²) in [6, 6.07) is 5.20. The van der Waals surface area contributed by atoms with E-state index in [1.165, 1.54) is 4.57 Å². The number of imidazole rings is 1. The van der Waals surface area contributed by atoms with Crippen LogP contribution in [0.2, 0.25) is 5.28 Å². The Morgan fingerprint density at radius 3 is 2.95 bits per heavy atom. The lowest BCUT2D eigenvalue weighted by atomic mass is 10.3. The van der Waals surface area contributed by atoms with Gasteiger partial charge in [0.2, 0.25) is 5.28 Å². The summed E-state index contributed by atoms with van der Waals surface area (Å²) in [5, 5.41) is 0.0877. The maximum absolute atomic E-state index is 12.0. The highest BCUT2D eigenvalue weighted by atomic mass is 35.5. The molecule has 2 rings (SSSR count). The Labute approximate surface area is 116 Å². The van der Waals surface area contributed by atoms with Gasteiger partial charge in [-0.3, -0.25) is 0 Å². The number of rotatable bonds is 4. The quantitative estimate of drug-likeness (QED) is 0.806. The van der Waals surface area contributed by atoms with Gasteiger partial charge in [0.05, 0.1) is 24.8 Å². The molecular weight excluding hydrogens is 268 g/mol. The van der Waals surface area contributed by atoms with Crippen LogP contribution in [0.5, 0.6) is 5.75 Å². The molecule has 0 fully saturated rings. The Bertz CT molecular complexity index is 595. The van der Waals surface area contributed by atoms with E-state index in [-0.39, 0.29) is 5.28 Å². The van der Waals surface area contributed by atoms with Crippen molar-refractivity contribution in [2.24, 2.45) is 0 Å². The highest BCUT2D eigenvalue weighted by Crippen LogP contribution is 2.24. The van der Waals surface area contributed by atoms with E-state index in [9.17, 15) is 4.79 Å². The van der Waals surface area contributed by atoms with E-state index in [0.29, 0.717) is 23.4 Å². The average Bonchev–Trinajstić information content (AvgIpc) is 2.73. The number of aromatic nitrogens is 2. The minimum absolute atomic E-state index is 0.0877. The van der Waals surface area contributed by atoms with Gasteiger partial charge in [0.25, 0.3) is 0 Å². The Morgan fingerprint density at radius 1 is 1.47 bits per heavy atom. The van der Waals surface area contributed by atoms with Crippen LogP contribution >= 0.6 is 11.6 Å². The molecule has 6 heteroatoms. The molecule has 102 valence electrons. The fourth-order valence-electron chi connectivity index (χ4n) is 1.70. The summed E-state index contributed by atoms with van der Waals surface area (Å²) < 4.78 is 11.5. The fourth-order valence-corrected chi connectivity index (χ4v) is 1.95. The predicted molar refractivity (Wildman–Crippen MR) is 72.9 cm³/mol. The van der Waals surface area contributed by atoms with Crippen molar-refractivity contribution in [3.8, 4) is 5.75 Å². The van der Waals surface area contributed by atoms with Crippen LogP contribution < -0.4 is 4.74 Å². The molecule has 0 aliphatic heterocycles. The van der Waals surface area contributed by atoms with Crippen LogP contribution in [0.25, 0.3) is 11.0 Å². The molecule has 0 unspecified atom stereocenters. The van der Waals surface area contributed by atoms with E-state index in [2.05, 4.69) is 4.98 Å². The highest BCUT2D eigenvalue weighted by Gasteiger charge is 2.16. The SMILES string of the molecule is CCCCOC(=O)n1c(Cl)nc2cc(OC)ccc21. The molecule has 0 amide bonds. The third-order valence-electron chi connectivity index (χ3n) is 2.73. The third kappa shape index (κ3) is 2.81. The minimum atomic E-state index is -0.508. The van der Waals surface area contributed by atoms with Crippen molar-refractivity contribution in [1.29, 1.82) is 0 Å². The van der Waals surface area contributed by atoms with Crippen molar-refractivity contribution in [2.75, 3.05) is 13.7 Å². The van der Waals surface area contributed by atoms with Crippen LogP contribution in [0.3, 0.4) is 0 Å². The van der Waals surface area contributed by atoms with Crippen LogP contribution in [0.1, 0.15) is 19.8 Å². The van der Waals surface area contributed by atoms with Crippen molar-refractivity contribution >= 4 is 28.7 Å². The molecule has 19 heavy (non-hydrogen) atoms. The van der Waals surface area contributed by atoms with E-state index >= 15 is 0 Å². The van der Waals surface area contributed by atoms with Crippen LogP contribution in [-0.4, -0.2) is 29.4 Å². The molecule has 0 aliphatic carbocycles. The minimum Gasteiger partial charge on any atom is -0.497 e. The standard InChI is InChI=1S/C13H15ClN2O3/c1-3-4-7-19-13(17)16-11-6-5-9(18-2)8-10(11)15-12(16)14/h5-6,8H,3-4,7H2,1-2H3. The Kier molecular flexibility index (Phi) is 4.27. The second-order valence-corrected chi connectivity index (χ2v) is 4.38. The maximum atomic E-state index is 12.0. The number of hydrogen-bond acceptors (Lipinski definition) is 4. The van der Waals surface area contributed by atoms with E-state index in [1.54, 1.807) is 25.3 Å². The van der Waals surface area contributed by atoms with Crippen LogP contribution in [0, 0.1) is 0 Å². The van der Waals surface area contributed by atoms with Gasteiger partial charge in [-0.05, 0) is 30.2 Å². The molecule has 0 spiro atoms. The summed E-state index contributed by atoms with van der Waals surface area (Å²) in [5.74, 6) is 0.660. The lowest BCUT2D eigenvalue weighted by Crippen LogP contribution is -2.14. The molecule has 0 N–H and O–H groups in total. The molecule has 1 aromatic carbocycles. The normalized spacial score (nSPS) is 10.7. The number of carbonyl (C=O) groups is 1. The zero-order valence-corrected chi connectivity index (χ0v) is 11.6. The highest BCUT2D eigenvalue weighted by molar-refractivity contribution is 6.30. The Balaban J connectivity index is 2.32. The van der Waals surface area contributed by atoms with E-state index in [4.69, 9.17) is 21.1 Å². The average molecular weight is 283 g/mol. The number of nitrogens with zero attached hydrogens (tertiary/aromatic N) is 2. The van der Waals surface area contributed by atoms with Gasteiger partial charge in [0, 0.05) is 6.07 Å². The lowest BCUT2D eigenvalue weighted by molar-refractivity contribution is 0.147. The predicted octanol–water partition coefficient (Wildman–Crippen LogP) is 3.48. The van der Waals surface area contributed by atoms with Gasteiger partial charge < -0.3 is 9.47 Å². The zero-order valence-electron chi connectivity index (χ0n) is 10.9. The van der Waals surface area contributed by atoms with E-state index in [1.807, 2.05) is 6.92 Å². The second-order valence-electron chi connectivity index (χ2n) is 4.04. The van der Waals surface area contributed by atoms with Gasteiger partial charge >= 0.3 is 6.09 Å². The van der Waals surface area contributed by atoms with Crippen LogP contribution in [-0.2, 0) is 4.74 Å². The van der Waals surface area contributed by atoms with Crippen LogP contribution in [0.4, 0.5) is 4.79 Å². The second kappa shape index (κ2) is 5.93. The number of benzene rings is 1. The summed E-state index contributed by atoms with van der Waals surface area (Å²) in [4.78, 5) is 16.1. The monoisotopic (exact) mass is 282 g/mol. The summed E-state index contributed by atoms with van der Waals surface area (Å²) in [6.07, 6.45) is 1.28. The van der Waals surface area contributed by atoms with E-state index < -0.39 is 6.09 Å². The van der Waals surface area contributed by atoms with Gasteiger partial charge in [-0.1, -0.05) is 13.3 Å². The molecule has 5 nitrogen and oxygen atoms in total. The Morgan fingerprint density at radius 2 is 2.26 bits per heavy atom. The van der Waals surface area contributed by atoms with Gasteiger partial charge in [0.15, 0.2) is 0 Å². The number of ether oxygens (including phenoxy) is 2. The lowest BCUT2D eigenvalue weighted by Gasteiger charge is -2.06. The number of fused-ring (bicyclic) bond motifs is 1. The first kappa shape index (κ1) is 13.7. The number of halogens is 1.